The summed E-state index contributed by atoms with van der Waals surface area (Å²) in [6, 6.07) is 1.78. The summed E-state index contributed by atoms with van der Waals surface area (Å²) in [4.78, 5) is 0. The molecule has 0 N–H and O–H groups in total. The van der Waals surface area contributed by atoms with Gasteiger partial charge in [0.15, 0.2) is 11.7 Å². The first-order valence-electron chi connectivity index (χ1n) is 8.23. The van der Waals surface area contributed by atoms with Crippen molar-refractivity contribution in [2.24, 2.45) is 5.41 Å². The number of halogens is 1. The Morgan fingerprint density at radius 3 is 2.35 bits per heavy atom. The van der Waals surface area contributed by atoms with Crippen molar-refractivity contribution in [2.45, 2.75) is 46.1 Å². The highest BCUT2D eigenvalue weighted by Gasteiger charge is 2.58. The van der Waals surface area contributed by atoms with Crippen molar-refractivity contribution in [3.63, 3.8) is 0 Å². The molecule has 1 aromatic rings. The van der Waals surface area contributed by atoms with Gasteiger partial charge in [-0.2, -0.15) is 4.57 Å². The van der Waals surface area contributed by atoms with Gasteiger partial charge in [0.05, 0.1) is 11.7 Å². The van der Waals surface area contributed by atoms with E-state index in [1.807, 2.05) is 19.2 Å². The Balaban J connectivity index is 3.08. The lowest BCUT2D eigenvalue weighted by atomic mass is 9.58. The minimum absolute atomic E-state index is 0.125. The molecule has 2 atom stereocenters. The Bertz CT molecular complexity index is 802. The normalized spacial score (nSPS) is 29.7. The molecule has 122 valence electrons. The van der Waals surface area contributed by atoms with Crippen LogP contribution in [0.25, 0.3) is 18.5 Å². The molecular weight excluding hydrogens is 285 g/mol. The van der Waals surface area contributed by atoms with E-state index in [2.05, 4.69) is 51.2 Å². The molecule has 0 radical (unpaired) electrons. The summed E-state index contributed by atoms with van der Waals surface area (Å²) in [5.74, 6) is 0. The second kappa shape index (κ2) is 5.92. The van der Waals surface area contributed by atoms with Crippen molar-refractivity contribution in [3.8, 4) is 0 Å². The molecule has 0 spiro atoms. The highest BCUT2D eigenvalue weighted by atomic mass is 19.1. The maximum absolute atomic E-state index is 13.2. The molecule has 0 aliphatic carbocycles. The van der Waals surface area contributed by atoms with E-state index in [4.69, 9.17) is 0 Å². The number of allylic oxidation sites excluding steroid dienone is 4. The van der Waals surface area contributed by atoms with Gasteiger partial charge < -0.3 is 0 Å². The molecule has 0 bridgehead atoms. The zero-order valence-corrected chi connectivity index (χ0v) is 14.7. The topological polar surface area (TPSA) is 3.88 Å². The molecule has 1 aliphatic heterocycles. The van der Waals surface area contributed by atoms with E-state index in [1.165, 1.54) is 5.57 Å². The molecule has 2 heterocycles. The third-order valence-electron chi connectivity index (χ3n) is 5.86. The van der Waals surface area contributed by atoms with Crippen LogP contribution in [0.3, 0.4) is 0 Å². The van der Waals surface area contributed by atoms with Gasteiger partial charge in [-0.15, -0.1) is 0 Å². The van der Waals surface area contributed by atoms with Gasteiger partial charge >= 0.3 is 0 Å². The van der Waals surface area contributed by atoms with Gasteiger partial charge in [0, 0.05) is 28.5 Å². The van der Waals surface area contributed by atoms with Gasteiger partial charge in [0.1, 0.15) is 0 Å². The summed E-state index contributed by atoms with van der Waals surface area (Å²) in [6.45, 7) is 21.3. The number of hydrogen-bond donors (Lipinski definition) is 0. The van der Waals surface area contributed by atoms with Crippen molar-refractivity contribution in [1.29, 1.82) is 0 Å². The third-order valence-corrected chi connectivity index (χ3v) is 5.86. The minimum Gasteiger partial charge on any atom is -0.215 e. The van der Waals surface area contributed by atoms with E-state index >= 15 is 0 Å². The first kappa shape index (κ1) is 17.4. The predicted molar refractivity (Wildman–Crippen MR) is 96.6 cm³/mol. The van der Waals surface area contributed by atoms with Gasteiger partial charge in [0.2, 0.25) is 5.69 Å². The van der Waals surface area contributed by atoms with Crippen molar-refractivity contribution in [1.82, 2.24) is 0 Å². The van der Waals surface area contributed by atoms with Crippen molar-refractivity contribution in [2.75, 3.05) is 0 Å². The standard InChI is InChI=1S/C21H27FN/c1-8-18-16(6)19-15(5)17(14-22)12-13-23(19)21(10-3,11-4)20(18,7)9-2/h8,10,12-14H,3,5-6,9,11H2,1-2,4,7H3/q+1/b17-14+,18-8+. The summed E-state index contributed by atoms with van der Waals surface area (Å²) in [5, 5.41) is 1.18. The van der Waals surface area contributed by atoms with Crippen molar-refractivity contribution >= 4 is 18.5 Å². The lowest BCUT2D eigenvalue weighted by Gasteiger charge is -2.47. The Hall–Kier alpha value is -1.96. The largest absolute Gasteiger partial charge is 0.220 e. The van der Waals surface area contributed by atoms with Gasteiger partial charge in [-0.05, 0) is 31.9 Å². The fourth-order valence-corrected chi connectivity index (χ4v) is 4.35. The summed E-state index contributed by atoms with van der Waals surface area (Å²) in [5.41, 5.74) is 2.61. The van der Waals surface area contributed by atoms with Crippen LogP contribution in [0.15, 0.2) is 43.1 Å². The number of pyridine rings is 1. The molecule has 1 aliphatic rings. The summed E-state index contributed by atoms with van der Waals surface area (Å²) < 4.78 is 15.4. The maximum Gasteiger partial charge on any atom is 0.220 e. The van der Waals surface area contributed by atoms with Crippen LogP contribution in [-0.4, -0.2) is 0 Å². The van der Waals surface area contributed by atoms with E-state index in [9.17, 15) is 4.39 Å². The highest BCUT2D eigenvalue weighted by Crippen LogP contribution is 2.52. The van der Waals surface area contributed by atoms with Gasteiger partial charge in [0.25, 0.3) is 0 Å². The zero-order valence-electron chi connectivity index (χ0n) is 14.7. The van der Waals surface area contributed by atoms with Crippen molar-refractivity contribution in [3.05, 3.63) is 59.3 Å². The van der Waals surface area contributed by atoms with Crippen molar-refractivity contribution < 1.29 is 8.96 Å². The molecular formula is C21H27FN+. The average molecular weight is 312 g/mol. The summed E-state index contributed by atoms with van der Waals surface area (Å²) in [7, 11) is 0. The van der Waals surface area contributed by atoms with E-state index in [0.29, 0.717) is 16.8 Å². The van der Waals surface area contributed by atoms with Gasteiger partial charge in [-0.25, -0.2) is 4.39 Å². The molecule has 0 aromatic carbocycles. The first-order chi connectivity index (χ1) is 10.9. The quantitative estimate of drug-likeness (QED) is 0.591. The summed E-state index contributed by atoms with van der Waals surface area (Å²) in [6.07, 6.45) is 8.58. The Labute approximate surface area is 138 Å². The van der Waals surface area contributed by atoms with Crippen LogP contribution in [0.1, 0.15) is 46.2 Å². The fourth-order valence-electron chi connectivity index (χ4n) is 4.35. The third kappa shape index (κ3) is 2.00. The molecule has 1 nitrogen and oxygen atoms in total. The smallest absolute Gasteiger partial charge is 0.215 e. The molecule has 23 heavy (non-hydrogen) atoms. The predicted octanol–water partition coefficient (Wildman–Crippen LogP) is 3.77. The molecule has 0 saturated carbocycles. The monoisotopic (exact) mass is 312 g/mol. The van der Waals surface area contributed by atoms with Crippen LogP contribution in [0.4, 0.5) is 4.39 Å². The van der Waals surface area contributed by atoms with Crippen LogP contribution in [-0.2, 0) is 5.54 Å². The second-order valence-electron chi connectivity index (χ2n) is 6.43. The Kier molecular flexibility index (Phi) is 4.48. The number of aromatic nitrogens is 1. The molecule has 2 rings (SSSR count). The molecule has 2 heteroatoms. The van der Waals surface area contributed by atoms with Crippen LogP contribution in [0.5, 0.6) is 0 Å². The van der Waals surface area contributed by atoms with Gasteiger partial charge in [-0.3, -0.25) is 0 Å². The van der Waals surface area contributed by atoms with E-state index in [-0.39, 0.29) is 11.0 Å². The molecule has 0 fully saturated rings. The zero-order chi connectivity index (χ0) is 17.4. The molecule has 0 saturated heterocycles. The van der Waals surface area contributed by atoms with E-state index in [0.717, 1.165) is 24.1 Å². The first-order valence-corrected chi connectivity index (χ1v) is 8.23. The van der Waals surface area contributed by atoms with Crippen LogP contribution in [0.2, 0.25) is 0 Å². The molecule has 2 unspecified atom stereocenters. The maximum atomic E-state index is 13.2. The van der Waals surface area contributed by atoms with Crippen LogP contribution in [0, 0.1) is 5.41 Å². The number of fused-ring (bicyclic) bond motifs is 1. The highest BCUT2D eigenvalue weighted by molar-refractivity contribution is 5.77. The molecule has 1 aromatic heterocycles. The molecule has 0 amide bonds. The lowest BCUT2D eigenvalue weighted by molar-refractivity contribution is -0.772. The minimum atomic E-state index is -0.290. The van der Waals surface area contributed by atoms with E-state index < -0.39 is 0 Å². The average Bonchev–Trinajstić information content (AvgIpc) is 2.56. The summed E-state index contributed by atoms with van der Waals surface area (Å²) >= 11 is 0. The number of hydrogen-bond acceptors (Lipinski definition) is 0. The Morgan fingerprint density at radius 1 is 1.26 bits per heavy atom. The van der Waals surface area contributed by atoms with Crippen LogP contribution < -0.4 is 15.0 Å². The van der Waals surface area contributed by atoms with Gasteiger partial charge in [-0.1, -0.05) is 39.7 Å². The Morgan fingerprint density at radius 2 is 1.91 bits per heavy atom. The number of nitrogens with zero attached hydrogens (tertiary/aromatic N) is 1. The van der Waals surface area contributed by atoms with Crippen LogP contribution >= 0.6 is 0 Å². The SMILES string of the molecule is C=CC1(CC)[n+]2cc/c(=C\F)c(=C)c2C(=C)/C(=C\C)C1(C)CC. The fraction of sp³-hybridized carbons (Fsp3) is 0.381. The number of rotatable bonds is 3. The lowest BCUT2D eigenvalue weighted by Crippen LogP contribution is -2.70. The van der Waals surface area contributed by atoms with E-state index in [1.54, 1.807) is 6.07 Å². The second-order valence-corrected chi connectivity index (χ2v) is 6.43.